The molecule has 0 radical (unpaired) electrons. The highest BCUT2D eigenvalue weighted by Gasteiger charge is 2.19. The average Bonchev–Trinajstić information content (AvgIpc) is 2.63. The van der Waals surface area contributed by atoms with Crippen molar-refractivity contribution >= 4 is 27.3 Å². The van der Waals surface area contributed by atoms with Crippen LogP contribution in [0.1, 0.15) is 0 Å². The quantitative estimate of drug-likeness (QED) is 0.674. The van der Waals surface area contributed by atoms with E-state index < -0.39 is 27.6 Å². The van der Waals surface area contributed by atoms with E-state index in [-0.39, 0.29) is 23.7 Å². The lowest BCUT2D eigenvalue weighted by atomic mass is 10.3. The van der Waals surface area contributed by atoms with Gasteiger partial charge in [0, 0.05) is 25.3 Å². The molecule has 0 aliphatic heterocycles. The summed E-state index contributed by atoms with van der Waals surface area (Å²) in [7, 11) is -2.18. The Bertz CT molecular complexity index is 931. The fraction of sp³-hybridized carbons (Fsp3) is 0.167. The van der Waals surface area contributed by atoms with Crippen LogP contribution >= 0.6 is 0 Å². The fourth-order valence-electron chi connectivity index (χ4n) is 2.17. The lowest BCUT2D eigenvalue weighted by Crippen LogP contribution is -2.27. The number of halogens is 2. The van der Waals surface area contributed by atoms with Gasteiger partial charge in [-0.3, -0.25) is 4.79 Å². The normalized spacial score (nSPS) is 11.3. The summed E-state index contributed by atoms with van der Waals surface area (Å²) in [6.45, 7) is 3.47. The summed E-state index contributed by atoms with van der Waals surface area (Å²) < 4.78 is 52.3. The molecule has 0 heterocycles. The third kappa shape index (κ3) is 5.35. The van der Waals surface area contributed by atoms with Gasteiger partial charge in [0.05, 0.1) is 17.1 Å². The molecular weight excluding hydrogens is 376 g/mol. The van der Waals surface area contributed by atoms with Crippen LogP contribution in [0.2, 0.25) is 0 Å². The standard InChI is InChI=1S/C18H19F2N3O3S/c1-3-10-23(2)27(25,26)15-7-5-14(6-8-15)21-12-18(24)22-17-11-13(19)4-9-16(17)20/h3-9,11,21H,1,10,12H2,2H3,(H,22,24). The Morgan fingerprint density at radius 2 is 1.85 bits per heavy atom. The first-order chi connectivity index (χ1) is 12.7. The van der Waals surface area contributed by atoms with Crippen molar-refractivity contribution in [3.05, 3.63) is 66.8 Å². The van der Waals surface area contributed by atoms with E-state index in [9.17, 15) is 22.0 Å². The van der Waals surface area contributed by atoms with Gasteiger partial charge >= 0.3 is 0 Å². The Morgan fingerprint density at radius 3 is 2.48 bits per heavy atom. The Kier molecular flexibility index (Phi) is 6.65. The molecule has 0 unspecified atom stereocenters. The van der Waals surface area contributed by atoms with Gasteiger partial charge in [0.1, 0.15) is 11.6 Å². The van der Waals surface area contributed by atoms with Crippen LogP contribution in [-0.2, 0) is 14.8 Å². The molecule has 0 saturated carbocycles. The molecule has 0 bridgehead atoms. The molecule has 0 aliphatic rings. The number of nitrogens with one attached hydrogen (secondary N) is 2. The van der Waals surface area contributed by atoms with E-state index >= 15 is 0 Å². The minimum Gasteiger partial charge on any atom is -0.376 e. The summed E-state index contributed by atoms with van der Waals surface area (Å²) in [6, 6.07) is 8.57. The largest absolute Gasteiger partial charge is 0.376 e. The van der Waals surface area contributed by atoms with Crippen LogP contribution in [0, 0.1) is 11.6 Å². The molecule has 27 heavy (non-hydrogen) atoms. The smallest absolute Gasteiger partial charge is 0.243 e. The second-order valence-electron chi connectivity index (χ2n) is 5.62. The van der Waals surface area contributed by atoms with E-state index in [1.54, 1.807) is 0 Å². The molecule has 2 rings (SSSR count). The number of rotatable bonds is 8. The van der Waals surface area contributed by atoms with Gasteiger partial charge < -0.3 is 10.6 Å². The number of likely N-dealkylation sites (N-methyl/N-ethyl adjacent to an activating group) is 1. The monoisotopic (exact) mass is 395 g/mol. The predicted octanol–water partition coefficient (Wildman–Crippen LogP) is 2.82. The van der Waals surface area contributed by atoms with E-state index in [4.69, 9.17) is 0 Å². The van der Waals surface area contributed by atoms with Gasteiger partial charge in [-0.05, 0) is 36.4 Å². The zero-order valence-electron chi connectivity index (χ0n) is 14.6. The second kappa shape index (κ2) is 8.74. The number of sulfonamides is 1. The maximum atomic E-state index is 13.5. The van der Waals surface area contributed by atoms with Crippen molar-refractivity contribution in [2.75, 3.05) is 30.8 Å². The topological polar surface area (TPSA) is 78.5 Å². The molecule has 2 aromatic carbocycles. The lowest BCUT2D eigenvalue weighted by Gasteiger charge is -2.15. The van der Waals surface area contributed by atoms with Crippen LogP contribution < -0.4 is 10.6 Å². The number of hydrogen-bond donors (Lipinski definition) is 2. The molecule has 2 N–H and O–H groups in total. The van der Waals surface area contributed by atoms with Crippen LogP contribution in [0.3, 0.4) is 0 Å². The molecule has 0 aromatic heterocycles. The first-order valence-corrected chi connectivity index (χ1v) is 9.34. The Hall–Kier alpha value is -2.78. The van der Waals surface area contributed by atoms with Gasteiger partial charge in [-0.1, -0.05) is 6.08 Å². The molecule has 144 valence electrons. The summed E-state index contributed by atoms with van der Waals surface area (Å²) >= 11 is 0. The van der Waals surface area contributed by atoms with Crippen molar-refractivity contribution in [3.8, 4) is 0 Å². The first kappa shape index (κ1) is 20.5. The molecular formula is C18H19F2N3O3S. The van der Waals surface area contributed by atoms with Crippen molar-refractivity contribution in [2.24, 2.45) is 0 Å². The highest BCUT2D eigenvalue weighted by Crippen LogP contribution is 2.18. The van der Waals surface area contributed by atoms with Crippen molar-refractivity contribution in [3.63, 3.8) is 0 Å². The van der Waals surface area contributed by atoms with E-state index in [1.165, 1.54) is 37.4 Å². The molecule has 0 saturated heterocycles. The van der Waals surface area contributed by atoms with Crippen molar-refractivity contribution in [1.29, 1.82) is 0 Å². The number of carbonyl (C=O) groups excluding carboxylic acids is 1. The highest BCUT2D eigenvalue weighted by atomic mass is 32.2. The zero-order valence-corrected chi connectivity index (χ0v) is 15.4. The van der Waals surface area contributed by atoms with Gasteiger partial charge in [-0.15, -0.1) is 6.58 Å². The molecule has 1 amide bonds. The number of hydrogen-bond acceptors (Lipinski definition) is 4. The van der Waals surface area contributed by atoms with E-state index in [0.29, 0.717) is 5.69 Å². The van der Waals surface area contributed by atoms with Crippen LogP contribution in [-0.4, -0.2) is 38.8 Å². The second-order valence-corrected chi connectivity index (χ2v) is 7.67. The fourth-order valence-corrected chi connectivity index (χ4v) is 3.32. The Balaban J connectivity index is 1.97. The molecule has 2 aromatic rings. The van der Waals surface area contributed by atoms with Crippen molar-refractivity contribution in [2.45, 2.75) is 4.90 Å². The molecule has 0 aliphatic carbocycles. The SMILES string of the molecule is C=CCN(C)S(=O)(=O)c1ccc(NCC(=O)Nc2cc(F)ccc2F)cc1. The minimum absolute atomic E-state index is 0.101. The third-order valence-electron chi connectivity index (χ3n) is 3.60. The Morgan fingerprint density at radius 1 is 1.19 bits per heavy atom. The number of anilines is 2. The van der Waals surface area contributed by atoms with E-state index in [1.807, 2.05) is 0 Å². The van der Waals surface area contributed by atoms with Gasteiger partial charge in [-0.25, -0.2) is 17.2 Å². The van der Waals surface area contributed by atoms with E-state index in [0.717, 1.165) is 22.5 Å². The molecule has 9 heteroatoms. The number of benzene rings is 2. The summed E-state index contributed by atoms with van der Waals surface area (Å²) in [5.74, 6) is -2.00. The van der Waals surface area contributed by atoms with Gasteiger partial charge in [0.25, 0.3) is 0 Å². The van der Waals surface area contributed by atoms with Gasteiger partial charge in [-0.2, -0.15) is 4.31 Å². The molecule has 6 nitrogen and oxygen atoms in total. The number of amides is 1. The summed E-state index contributed by atoms with van der Waals surface area (Å²) in [5.41, 5.74) is 0.240. The molecule has 0 fully saturated rings. The maximum absolute atomic E-state index is 13.5. The number of carbonyl (C=O) groups is 1. The van der Waals surface area contributed by atoms with Crippen LogP contribution in [0.5, 0.6) is 0 Å². The number of nitrogens with zero attached hydrogens (tertiary/aromatic N) is 1. The maximum Gasteiger partial charge on any atom is 0.243 e. The van der Waals surface area contributed by atoms with Crippen LogP contribution in [0.15, 0.2) is 60.0 Å². The first-order valence-electron chi connectivity index (χ1n) is 7.90. The van der Waals surface area contributed by atoms with Crippen molar-refractivity contribution < 1.29 is 22.0 Å². The van der Waals surface area contributed by atoms with Gasteiger partial charge in [0.15, 0.2) is 0 Å². The zero-order chi connectivity index (χ0) is 20.0. The lowest BCUT2D eigenvalue weighted by molar-refractivity contribution is -0.114. The summed E-state index contributed by atoms with van der Waals surface area (Å²) in [5, 5.41) is 5.04. The van der Waals surface area contributed by atoms with Crippen LogP contribution in [0.25, 0.3) is 0 Å². The minimum atomic E-state index is -3.62. The summed E-state index contributed by atoms with van der Waals surface area (Å²) in [6.07, 6.45) is 1.48. The Labute approximate surface area is 156 Å². The van der Waals surface area contributed by atoms with E-state index in [2.05, 4.69) is 17.2 Å². The van der Waals surface area contributed by atoms with Crippen molar-refractivity contribution in [1.82, 2.24) is 4.31 Å². The highest BCUT2D eigenvalue weighted by molar-refractivity contribution is 7.89. The average molecular weight is 395 g/mol. The summed E-state index contributed by atoms with van der Waals surface area (Å²) in [4.78, 5) is 12.0. The third-order valence-corrected chi connectivity index (χ3v) is 5.44. The predicted molar refractivity (Wildman–Crippen MR) is 99.9 cm³/mol. The molecule has 0 atom stereocenters. The molecule has 0 spiro atoms. The van der Waals surface area contributed by atoms with Crippen LogP contribution in [0.4, 0.5) is 20.2 Å². The van der Waals surface area contributed by atoms with Gasteiger partial charge in [0.2, 0.25) is 15.9 Å².